The van der Waals surface area contributed by atoms with Crippen LogP contribution in [0.4, 0.5) is 0 Å². The second kappa shape index (κ2) is 7.77. The summed E-state index contributed by atoms with van der Waals surface area (Å²) in [7, 11) is 0. The number of hydrogen-bond acceptors (Lipinski definition) is 3. The maximum atomic E-state index is 12.7. The minimum Gasteiger partial charge on any atom is -0.481 e. The Kier molecular flexibility index (Phi) is 5.73. The lowest BCUT2D eigenvalue weighted by Gasteiger charge is -2.23. The topological polar surface area (TPSA) is 75.4 Å². The summed E-state index contributed by atoms with van der Waals surface area (Å²) in [5.41, 5.74) is 2.07. The minimum absolute atomic E-state index is 0.0726. The Bertz CT molecular complexity index is 708. The monoisotopic (exact) mass is 329 g/mol. The van der Waals surface area contributed by atoms with Gasteiger partial charge in [0.1, 0.15) is 0 Å². The highest BCUT2D eigenvalue weighted by Crippen LogP contribution is 2.14. The molecule has 0 radical (unpaired) electrons. The molecule has 1 heterocycles. The van der Waals surface area contributed by atoms with Crippen LogP contribution >= 0.6 is 0 Å². The molecular formula is C18H23N3O3. The summed E-state index contributed by atoms with van der Waals surface area (Å²) < 4.78 is 1.72. The van der Waals surface area contributed by atoms with Crippen LogP contribution in [-0.4, -0.2) is 44.8 Å². The first-order valence-corrected chi connectivity index (χ1v) is 8.01. The van der Waals surface area contributed by atoms with E-state index in [1.165, 1.54) is 0 Å². The molecule has 128 valence electrons. The molecule has 0 aliphatic carbocycles. The van der Waals surface area contributed by atoms with E-state index in [2.05, 4.69) is 5.10 Å². The first kappa shape index (κ1) is 17.7. The van der Waals surface area contributed by atoms with Crippen molar-refractivity contribution in [3.63, 3.8) is 0 Å². The smallest absolute Gasteiger partial charge is 0.305 e. The second-order valence-electron chi connectivity index (χ2n) is 6.21. The van der Waals surface area contributed by atoms with Crippen LogP contribution in [0.25, 0.3) is 5.69 Å². The molecule has 0 bridgehead atoms. The van der Waals surface area contributed by atoms with E-state index in [0.717, 1.165) is 11.4 Å². The van der Waals surface area contributed by atoms with Crippen molar-refractivity contribution in [2.45, 2.75) is 27.2 Å². The van der Waals surface area contributed by atoms with Crippen LogP contribution in [0, 0.1) is 12.8 Å². The van der Waals surface area contributed by atoms with E-state index in [-0.39, 0.29) is 24.8 Å². The quantitative estimate of drug-likeness (QED) is 0.847. The van der Waals surface area contributed by atoms with Gasteiger partial charge in [-0.1, -0.05) is 32.0 Å². The highest BCUT2D eigenvalue weighted by Gasteiger charge is 2.21. The average Bonchev–Trinajstić information content (AvgIpc) is 2.93. The summed E-state index contributed by atoms with van der Waals surface area (Å²) in [5.74, 6) is -0.898. The van der Waals surface area contributed by atoms with Gasteiger partial charge in [0.25, 0.3) is 5.91 Å². The van der Waals surface area contributed by atoms with Gasteiger partial charge in [0.15, 0.2) is 5.69 Å². The lowest BCUT2D eigenvalue weighted by atomic mass is 10.2. The number of rotatable bonds is 7. The van der Waals surface area contributed by atoms with E-state index in [1.807, 2.05) is 51.1 Å². The number of carbonyl (C=O) groups excluding carboxylic acids is 1. The number of para-hydroxylation sites is 1. The Balaban J connectivity index is 2.24. The lowest BCUT2D eigenvalue weighted by molar-refractivity contribution is -0.137. The van der Waals surface area contributed by atoms with Gasteiger partial charge in [-0.2, -0.15) is 5.10 Å². The summed E-state index contributed by atoms with van der Waals surface area (Å²) in [6.45, 7) is 6.57. The molecule has 0 aliphatic heterocycles. The zero-order valence-corrected chi connectivity index (χ0v) is 14.3. The molecule has 1 aromatic carbocycles. The summed E-state index contributed by atoms with van der Waals surface area (Å²) in [4.78, 5) is 25.1. The number of carbonyl (C=O) groups is 2. The summed E-state index contributed by atoms with van der Waals surface area (Å²) >= 11 is 0. The number of amides is 1. The highest BCUT2D eigenvalue weighted by molar-refractivity contribution is 5.92. The van der Waals surface area contributed by atoms with Gasteiger partial charge in [0, 0.05) is 18.8 Å². The molecule has 24 heavy (non-hydrogen) atoms. The molecule has 6 nitrogen and oxygen atoms in total. The Hall–Kier alpha value is -2.63. The largest absolute Gasteiger partial charge is 0.481 e. The van der Waals surface area contributed by atoms with E-state index in [4.69, 9.17) is 5.11 Å². The van der Waals surface area contributed by atoms with E-state index in [1.54, 1.807) is 15.6 Å². The Morgan fingerprint density at radius 2 is 1.92 bits per heavy atom. The van der Waals surface area contributed by atoms with Crippen molar-refractivity contribution in [3.8, 4) is 5.69 Å². The van der Waals surface area contributed by atoms with E-state index in [0.29, 0.717) is 12.2 Å². The van der Waals surface area contributed by atoms with Crippen LogP contribution in [-0.2, 0) is 4.79 Å². The molecule has 1 amide bonds. The number of aliphatic carboxylic acids is 1. The predicted molar refractivity (Wildman–Crippen MR) is 91.3 cm³/mol. The van der Waals surface area contributed by atoms with Gasteiger partial charge in [-0.3, -0.25) is 9.59 Å². The van der Waals surface area contributed by atoms with Gasteiger partial charge in [0.05, 0.1) is 12.1 Å². The lowest BCUT2D eigenvalue weighted by Crippen LogP contribution is -2.36. The average molecular weight is 329 g/mol. The van der Waals surface area contributed by atoms with Crippen LogP contribution in [0.3, 0.4) is 0 Å². The number of aryl methyl sites for hydroxylation is 1. The number of nitrogens with zero attached hydrogens (tertiary/aromatic N) is 3. The maximum Gasteiger partial charge on any atom is 0.305 e. The molecular weight excluding hydrogens is 306 g/mol. The van der Waals surface area contributed by atoms with Crippen molar-refractivity contribution in [1.82, 2.24) is 14.7 Å². The number of hydrogen-bond donors (Lipinski definition) is 1. The third kappa shape index (κ3) is 4.44. The molecule has 0 saturated carbocycles. The molecule has 1 N–H and O–H groups in total. The van der Waals surface area contributed by atoms with Gasteiger partial charge in [-0.25, -0.2) is 4.68 Å². The van der Waals surface area contributed by atoms with Crippen molar-refractivity contribution in [1.29, 1.82) is 0 Å². The molecule has 0 unspecified atom stereocenters. The van der Waals surface area contributed by atoms with Gasteiger partial charge in [-0.05, 0) is 31.0 Å². The van der Waals surface area contributed by atoms with E-state index in [9.17, 15) is 9.59 Å². The summed E-state index contributed by atoms with van der Waals surface area (Å²) in [5, 5.41) is 13.3. The zero-order valence-electron chi connectivity index (χ0n) is 14.3. The summed E-state index contributed by atoms with van der Waals surface area (Å²) in [6, 6.07) is 11.3. The standard InChI is InChI=1S/C18H23N3O3/c1-13(2)12-20(10-9-17(22)23)18(24)16-11-14(3)21(19-16)15-7-5-4-6-8-15/h4-8,11,13H,9-10,12H2,1-3H3,(H,22,23). The van der Waals surface area contributed by atoms with Gasteiger partial charge < -0.3 is 10.0 Å². The number of benzene rings is 1. The number of aromatic nitrogens is 2. The molecule has 0 fully saturated rings. The third-order valence-electron chi connectivity index (χ3n) is 3.58. The molecule has 0 saturated heterocycles. The first-order valence-electron chi connectivity index (χ1n) is 8.01. The Morgan fingerprint density at radius 3 is 2.50 bits per heavy atom. The second-order valence-corrected chi connectivity index (χ2v) is 6.21. The Labute approximate surface area is 141 Å². The van der Waals surface area contributed by atoms with Crippen molar-refractivity contribution >= 4 is 11.9 Å². The molecule has 0 atom stereocenters. The van der Waals surface area contributed by atoms with Crippen molar-refractivity contribution in [2.75, 3.05) is 13.1 Å². The van der Waals surface area contributed by atoms with Crippen molar-refractivity contribution < 1.29 is 14.7 Å². The van der Waals surface area contributed by atoms with Gasteiger partial charge >= 0.3 is 5.97 Å². The SMILES string of the molecule is Cc1cc(C(=O)N(CCC(=O)O)CC(C)C)nn1-c1ccccc1. The third-order valence-corrected chi connectivity index (χ3v) is 3.58. The summed E-state index contributed by atoms with van der Waals surface area (Å²) in [6.07, 6.45) is -0.0726. The predicted octanol–water partition coefficient (Wildman–Crippen LogP) is 2.75. The molecule has 6 heteroatoms. The number of carboxylic acid groups (broad SMARTS) is 1. The maximum absolute atomic E-state index is 12.7. The zero-order chi connectivity index (χ0) is 17.7. The fraction of sp³-hybridized carbons (Fsp3) is 0.389. The van der Waals surface area contributed by atoms with Crippen LogP contribution in [0.1, 0.15) is 36.5 Å². The molecule has 1 aromatic heterocycles. The fourth-order valence-electron chi connectivity index (χ4n) is 2.52. The van der Waals surface area contributed by atoms with Crippen LogP contribution in [0.2, 0.25) is 0 Å². The van der Waals surface area contributed by atoms with Gasteiger partial charge in [-0.15, -0.1) is 0 Å². The van der Waals surface area contributed by atoms with Crippen LogP contribution in [0.15, 0.2) is 36.4 Å². The fourth-order valence-corrected chi connectivity index (χ4v) is 2.52. The van der Waals surface area contributed by atoms with E-state index >= 15 is 0 Å². The van der Waals surface area contributed by atoms with E-state index < -0.39 is 5.97 Å². The minimum atomic E-state index is -0.914. The Morgan fingerprint density at radius 1 is 1.25 bits per heavy atom. The molecule has 2 aromatic rings. The molecule has 0 spiro atoms. The highest BCUT2D eigenvalue weighted by atomic mass is 16.4. The number of carboxylic acids is 1. The van der Waals surface area contributed by atoms with Crippen LogP contribution in [0.5, 0.6) is 0 Å². The van der Waals surface area contributed by atoms with Crippen LogP contribution < -0.4 is 0 Å². The normalized spacial score (nSPS) is 10.8. The molecule has 2 rings (SSSR count). The first-order chi connectivity index (χ1) is 11.4. The molecule has 0 aliphatic rings. The van der Waals surface area contributed by atoms with Gasteiger partial charge in [0.2, 0.25) is 0 Å². The van der Waals surface area contributed by atoms with Crippen molar-refractivity contribution in [3.05, 3.63) is 47.8 Å². The van der Waals surface area contributed by atoms with Crippen molar-refractivity contribution in [2.24, 2.45) is 5.92 Å².